The van der Waals surface area contributed by atoms with Crippen molar-refractivity contribution in [1.29, 1.82) is 0 Å². The van der Waals surface area contributed by atoms with Gasteiger partial charge in [0.2, 0.25) is 0 Å². The monoisotopic (exact) mass is 166 g/mol. The maximum absolute atomic E-state index is 5.37. The molecule has 1 atom stereocenters. The minimum absolute atomic E-state index is 0.271. The predicted molar refractivity (Wildman–Crippen MR) is 51.9 cm³/mol. The number of nitrogens with zero attached hydrogens (tertiary/aromatic N) is 1. The largest absolute Gasteiger partial charge is 0.317 e. The minimum atomic E-state index is 0.271. The molecular formula is C10H18N2. The maximum atomic E-state index is 5.37. The van der Waals surface area contributed by atoms with Crippen molar-refractivity contribution in [1.82, 2.24) is 10.2 Å². The Kier molecular flexibility index (Phi) is 3.58. The van der Waals surface area contributed by atoms with Gasteiger partial charge in [0.25, 0.3) is 0 Å². The molecular weight excluding hydrogens is 148 g/mol. The molecule has 68 valence electrons. The average molecular weight is 166 g/mol. The first-order valence-corrected chi connectivity index (χ1v) is 4.64. The molecule has 1 unspecified atom stereocenters. The Morgan fingerprint density at radius 1 is 1.50 bits per heavy atom. The lowest BCUT2D eigenvalue weighted by Gasteiger charge is -2.33. The summed E-state index contributed by atoms with van der Waals surface area (Å²) in [6, 6.07) is 0.949. The predicted octanol–water partition coefficient (Wildman–Crippen LogP) is 0.692. The number of terminal acetylenes is 1. The summed E-state index contributed by atoms with van der Waals surface area (Å²) in [6.45, 7) is 4.35. The molecule has 1 heterocycles. The van der Waals surface area contributed by atoms with E-state index >= 15 is 0 Å². The summed E-state index contributed by atoms with van der Waals surface area (Å²) in [6.07, 6.45) is 7.82. The van der Waals surface area contributed by atoms with Gasteiger partial charge in [0.05, 0.1) is 6.04 Å². The highest BCUT2D eigenvalue weighted by atomic mass is 15.2. The Labute approximate surface area is 75.3 Å². The van der Waals surface area contributed by atoms with Gasteiger partial charge in [-0.1, -0.05) is 5.92 Å². The Balaban J connectivity index is 2.40. The van der Waals surface area contributed by atoms with Crippen LogP contribution in [0.5, 0.6) is 0 Å². The second-order valence-electron chi connectivity index (χ2n) is 3.49. The standard InChI is InChI=1S/C10H18N2/c1-4-9(2)12(3)10-5-7-11-8-6-10/h1,9-11H,5-8H2,2-3H3. The molecule has 0 aliphatic carbocycles. The van der Waals surface area contributed by atoms with Gasteiger partial charge in [-0.2, -0.15) is 0 Å². The van der Waals surface area contributed by atoms with E-state index in [2.05, 4.69) is 30.1 Å². The van der Waals surface area contributed by atoms with E-state index in [-0.39, 0.29) is 6.04 Å². The van der Waals surface area contributed by atoms with Crippen LogP contribution in [0.25, 0.3) is 0 Å². The summed E-state index contributed by atoms with van der Waals surface area (Å²) < 4.78 is 0. The topological polar surface area (TPSA) is 15.3 Å². The Hall–Kier alpha value is -0.520. The first-order valence-electron chi connectivity index (χ1n) is 4.64. The zero-order valence-corrected chi connectivity index (χ0v) is 8.01. The maximum Gasteiger partial charge on any atom is 0.0683 e. The molecule has 1 aliphatic heterocycles. The zero-order chi connectivity index (χ0) is 8.97. The van der Waals surface area contributed by atoms with Crippen molar-refractivity contribution in [3.8, 4) is 12.3 Å². The average Bonchev–Trinajstić information content (AvgIpc) is 2.17. The molecule has 0 amide bonds. The molecule has 12 heavy (non-hydrogen) atoms. The molecule has 0 aromatic carbocycles. The van der Waals surface area contributed by atoms with Crippen molar-refractivity contribution < 1.29 is 0 Å². The van der Waals surface area contributed by atoms with Crippen LogP contribution >= 0.6 is 0 Å². The molecule has 0 aromatic heterocycles. The Bertz CT molecular complexity index is 165. The van der Waals surface area contributed by atoms with Crippen LogP contribution in [0.2, 0.25) is 0 Å². The molecule has 1 aliphatic rings. The molecule has 0 radical (unpaired) electrons. The zero-order valence-electron chi connectivity index (χ0n) is 8.01. The smallest absolute Gasteiger partial charge is 0.0683 e. The van der Waals surface area contributed by atoms with Gasteiger partial charge >= 0.3 is 0 Å². The molecule has 0 aromatic rings. The quantitative estimate of drug-likeness (QED) is 0.607. The summed E-state index contributed by atoms with van der Waals surface area (Å²) in [5, 5.41) is 3.35. The van der Waals surface area contributed by atoms with E-state index in [9.17, 15) is 0 Å². The number of hydrogen-bond acceptors (Lipinski definition) is 2. The van der Waals surface area contributed by atoms with Crippen molar-refractivity contribution in [3.05, 3.63) is 0 Å². The van der Waals surface area contributed by atoms with Gasteiger partial charge in [-0.3, -0.25) is 4.90 Å². The second-order valence-corrected chi connectivity index (χ2v) is 3.49. The van der Waals surface area contributed by atoms with E-state index in [1.54, 1.807) is 0 Å². The van der Waals surface area contributed by atoms with Crippen molar-refractivity contribution in [3.63, 3.8) is 0 Å². The van der Waals surface area contributed by atoms with Crippen LogP contribution in [0.15, 0.2) is 0 Å². The van der Waals surface area contributed by atoms with Crippen LogP contribution in [0.4, 0.5) is 0 Å². The number of rotatable bonds is 2. The van der Waals surface area contributed by atoms with Crippen LogP contribution in [0.3, 0.4) is 0 Å². The van der Waals surface area contributed by atoms with Gasteiger partial charge in [-0.15, -0.1) is 6.42 Å². The van der Waals surface area contributed by atoms with E-state index in [4.69, 9.17) is 6.42 Å². The fraction of sp³-hybridized carbons (Fsp3) is 0.800. The van der Waals surface area contributed by atoms with Crippen molar-refractivity contribution in [2.24, 2.45) is 0 Å². The fourth-order valence-corrected chi connectivity index (χ4v) is 1.65. The molecule has 1 saturated heterocycles. The molecule has 0 spiro atoms. The Morgan fingerprint density at radius 3 is 2.58 bits per heavy atom. The van der Waals surface area contributed by atoms with Gasteiger partial charge in [-0.25, -0.2) is 0 Å². The van der Waals surface area contributed by atoms with E-state index in [1.165, 1.54) is 12.8 Å². The van der Waals surface area contributed by atoms with E-state index < -0.39 is 0 Å². The molecule has 0 saturated carbocycles. The first-order chi connectivity index (χ1) is 5.75. The van der Waals surface area contributed by atoms with Gasteiger partial charge < -0.3 is 5.32 Å². The van der Waals surface area contributed by atoms with E-state index in [0.29, 0.717) is 6.04 Å². The van der Waals surface area contributed by atoms with Crippen LogP contribution in [-0.4, -0.2) is 37.1 Å². The number of nitrogens with one attached hydrogen (secondary N) is 1. The summed E-state index contributed by atoms with van der Waals surface area (Å²) in [7, 11) is 2.13. The summed E-state index contributed by atoms with van der Waals surface area (Å²) in [4.78, 5) is 2.31. The highest BCUT2D eigenvalue weighted by molar-refractivity contribution is 4.98. The lowest BCUT2D eigenvalue weighted by atomic mass is 10.0. The highest BCUT2D eigenvalue weighted by Crippen LogP contribution is 2.11. The summed E-state index contributed by atoms with van der Waals surface area (Å²) in [5.41, 5.74) is 0. The Morgan fingerprint density at radius 2 is 2.08 bits per heavy atom. The van der Waals surface area contributed by atoms with Gasteiger partial charge in [0.15, 0.2) is 0 Å². The molecule has 1 fully saturated rings. The lowest BCUT2D eigenvalue weighted by Crippen LogP contribution is -2.44. The molecule has 2 nitrogen and oxygen atoms in total. The summed E-state index contributed by atoms with van der Waals surface area (Å²) >= 11 is 0. The molecule has 0 bridgehead atoms. The van der Waals surface area contributed by atoms with Gasteiger partial charge in [0.1, 0.15) is 0 Å². The van der Waals surface area contributed by atoms with Crippen LogP contribution in [0.1, 0.15) is 19.8 Å². The third kappa shape index (κ3) is 2.23. The van der Waals surface area contributed by atoms with Gasteiger partial charge in [0, 0.05) is 6.04 Å². The van der Waals surface area contributed by atoms with Crippen molar-refractivity contribution >= 4 is 0 Å². The SMILES string of the molecule is C#CC(C)N(C)C1CCNCC1. The van der Waals surface area contributed by atoms with Crippen LogP contribution in [0, 0.1) is 12.3 Å². The fourth-order valence-electron chi connectivity index (χ4n) is 1.65. The number of hydrogen-bond donors (Lipinski definition) is 1. The van der Waals surface area contributed by atoms with Gasteiger partial charge in [-0.05, 0) is 39.9 Å². The molecule has 1 rings (SSSR count). The molecule has 2 heteroatoms. The van der Waals surface area contributed by atoms with Crippen molar-refractivity contribution in [2.75, 3.05) is 20.1 Å². The highest BCUT2D eigenvalue weighted by Gasteiger charge is 2.20. The van der Waals surface area contributed by atoms with E-state index in [0.717, 1.165) is 13.1 Å². The number of piperidine rings is 1. The molecule has 1 N–H and O–H groups in total. The lowest BCUT2D eigenvalue weighted by molar-refractivity contribution is 0.179. The first kappa shape index (κ1) is 9.57. The second kappa shape index (κ2) is 4.49. The third-order valence-electron chi connectivity index (χ3n) is 2.74. The van der Waals surface area contributed by atoms with E-state index in [1.807, 2.05) is 0 Å². The van der Waals surface area contributed by atoms with Crippen LogP contribution < -0.4 is 5.32 Å². The normalized spacial score (nSPS) is 22.2. The summed E-state index contributed by atoms with van der Waals surface area (Å²) in [5.74, 6) is 2.77. The third-order valence-corrected chi connectivity index (χ3v) is 2.74. The minimum Gasteiger partial charge on any atom is -0.317 e. The van der Waals surface area contributed by atoms with Crippen molar-refractivity contribution in [2.45, 2.75) is 31.8 Å². The van der Waals surface area contributed by atoms with Crippen LogP contribution in [-0.2, 0) is 0 Å².